The molecule has 0 unspecified atom stereocenters. The van der Waals surface area contributed by atoms with E-state index in [-0.39, 0.29) is 0 Å². The summed E-state index contributed by atoms with van der Waals surface area (Å²) in [6.07, 6.45) is 1.88. The Kier molecular flexibility index (Phi) is 2.91. The van der Waals surface area contributed by atoms with Gasteiger partial charge in [0.1, 0.15) is 0 Å². The molecule has 0 aliphatic heterocycles. The molecule has 0 bridgehead atoms. The maximum absolute atomic E-state index is 5.51. The molecule has 86 valence electrons. The van der Waals surface area contributed by atoms with Crippen molar-refractivity contribution in [1.29, 1.82) is 0 Å². The van der Waals surface area contributed by atoms with Crippen molar-refractivity contribution in [2.45, 2.75) is 0 Å². The minimum atomic E-state index is 0.297. The molecule has 0 spiro atoms. The first-order valence-corrected chi connectivity index (χ1v) is 5.15. The first kappa shape index (κ1) is 10.7. The van der Waals surface area contributed by atoms with Crippen molar-refractivity contribution >= 4 is 17.3 Å². The molecule has 0 amide bonds. The highest BCUT2D eigenvalue weighted by Crippen LogP contribution is 2.09. The maximum Gasteiger partial charge on any atom is 0.240 e. The molecule has 0 aromatic carbocycles. The normalized spacial score (nSPS) is 11.2. The van der Waals surface area contributed by atoms with E-state index in [1.165, 1.54) is 0 Å². The van der Waals surface area contributed by atoms with E-state index in [9.17, 15) is 0 Å². The molecule has 0 saturated heterocycles. The third-order valence-electron chi connectivity index (χ3n) is 2.24. The first-order valence-electron chi connectivity index (χ1n) is 5.15. The zero-order chi connectivity index (χ0) is 11.5. The van der Waals surface area contributed by atoms with Crippen LogP contribution in [0, 0.1) is 0 Å². The van der Waals surface area contributed by atoms with Gasteiger partial charge in [0.05, 0.1) is 11.9 Å². The predicted octanol–water partition coefficient (Wildman–Crippen LogP) is 0.285. The summed E-state index contributed by atoms with van der Waals surface area (Å²) in [5, 5.41) is 7.36. The Morgan fingerprint density at radius 3 is 3.00 bits per heavy atom. The highest BCUT2D eigenvalue weighted by atomic mass is 15.3. The number of nitrogen functional groups attached to an aromatic ring is 1. The Bertz CT molecular complexity index is 475. The van der Waals surface area contributed by atoms with Gasteiger partial charge < -0.3 is 16.0 Å². The van der Waals surface area contributed by atoms with Crippen LogP contribution in [-0.2, 0) is 0 Å². The minimum absolute atomic E-state index is 0.297. The highest BCUT2D eigenvalue weighted by Gasteiger charge is 2.00. The van der Waals surface area contributed by atoms with Gasteiger partial charge in [-0.15, -0.1) is 5.10 Å². The van der Waals surface area contributed by atoms with Crippen molar-refractivity contribution in [3.63, 3.8) is 0 Å². The smallest absolute Gasteiger partial charge is 0.240 e. The van der Waals surface area contributed by atoms with Crippen LogP contribution in [0.15, 0.2) is 18.3 Å². The SMILES string of the molecule is CN(C)CCNc1ccc2nc(N)nn2c1. The number of hydrogen-bond acceptors (Lipinski definition) is 5. The number of nitrogens with one attached hydrogen (secondary N) is 1. The van der Waals surface area contributed by atoms with Crippen LogP contribution in [0.3, 0.4) is 0 Å². The zero-order valence-electron chi connectivity index (χ0n) is 9.51. The Balaban J connectivity index is 2.07. The van der Waals surface area contributed by atoms with E-state index >= 15 is 0 Å². The van der Waals surface area contributed by atoms with Crippen LogP contribution in [0.4, 0.5) is 11.6 Å². The summed E-state index contributed by atoms with van der Waals surface area (Å²) in [6.45, 7) is 1.88. The molecule has 3 N–H and O–H groups in total. The average Bonchev–Trinajstić information content (AvgIpc) is 2.56. The lowest BCUT2D eigenvalue weighted by molar-refractivity contribution is 0.425. The van der Waals surface area contributed by atoms with Crippen molar-refractivity contribution in [3.05, 3.63) is 18.3 Å². The van der Waals surface area contributed by atoms with Gasteiger partial charge in [0.25, 0.3) is 0 Å². The van der Waals surface area contributed by atoms with Gasteiger partial charge in [-0.3, -0.25) is 0 Å². The molecule has 16 heavy (non-hydrogen) atoms. The van der Waals surface area contributed by atoms with E-state index in [2.05, 4.69) is 20.3 Å². The van der Waals surface area contributed by atoms with Gasteiger partial charge in [-0.1, -0.05) is 0 Å². The lowest BCUT2D eigenvalue weighted by Crippen LogP contribution is -2.20. The van der Waals surface area contributed by atoms with E-state index in [4.69, 9.17) is 5.73 Å². The van der Waals surface area contributed by atoms with Gasteiger partial charge in [0, 0.05) is 13.1 Å². The Morgan fingerprint density at radius 1 is 1.44 bits per heavy atom. The van der Waals surface area contributed by atoms with E-state index in [1.54, 1.807) is 4.52 Å². The van der Waals surface area contributed by atoms with Crippen molar-refractivity contribution in [2.24, 2.45) is 0 Å². The standard InChI is InChI=1S/C10H16N6/c1-15(2)6-5-12-8-3-4-9-13-10(11)14-16(9)7-8/h3-4,7,12H,5-6H2,1-2H3,(H2,11,14). The van der Waals surface area contributed by atoms with Crippen LogP contribution < -0.4 is 11.1 Å². The van der Waals surface area contributed by atoms with Crippen LogP contribution in [0.1, 0.15) is 0 Å². The lowest BCUT2D eigenvalue weighted by atomic mass is 10.4. The molecule has 0 aliphatic rings. The second kappa shape index (κ2) is 4.36. The number of nitrogens with two attached hydrogens (primary N) is 1. The molecule has 2 rings (SSSR count). The van der Waals surface area contributed by atoms with E-state index < -0.39 is 0 Å². The van der Waals surface area contributed by atoms with Gasteiger partial charge >= 0.3 is 0 Å². The van der Waals surface area contributed by atoms with Gasteiger partial charge in [0.2, 0.25) is 5.95 Å². The maximum atomic E-state index is 5.51. The third kappa shape index (κ3) is 2.40. The molecular formula is C10H16N6. The second-order valence-corrected chi connectivity index (χ2v) is 3.92. The average molecular weight is 220 g/mol. The summed E-state index contributed by atoms with van der Waals surface area (Å²) in [7, 11) is 4.09. The van der Waals surface area contributed by atoms with Crippen molar-refractivity contribution < 1.29 is 0 Å². The topological polar surface area (TPSA) is 71.5 Å². The number of likely N-dealkylation sites (N-methyl/N-ethyl adjacent to an activating group) is 1. The fraction of sp³-hybridized carbons (Fsp3) is 0.400. The van der Waals surface area contributed by atoms with E-state index in [0.29, 0.717) is 5.95 Å². The molecule has 0 aliphatic carbocycles. The van der Waals surface area contributed by atoms with Crippen molar-refractivity contribution in [3.8, 4) is 0 Å². The number of aromatic nitrogens is 3. The number of nitrogens with zero attached hydrogens (tertiary/aromatic N) is 4. The molecule has 0 radical (unpaired) electrons. The number of rotatable bonds is 4. The van der Waals surface area contributed by atoms with Crippen molar-refractivity contribution in [2.75, 3.05) is 38.2 Å². The summed E-state index contributed by atoms with van der Waals surface area (Å²) < 4.78 is 1.67. The summed E-state index contributed by atoms with van der Waals surface area (Å²) in [5.41, 5.74) is 7.28. The number of pyridine rings is 1. The highest BCUT2D eigenvalue weighted by molar-refractivity contribution is 5.50. The van der Waals surface area contributed by atoms with Gasteiger partial charge in [0.15, 0.2) is 5.65 Å². The lowest BCUT2D eigenvalue weighted by Gasteiger charge is -2.11. The molecule has 0 saturated carbocycles. The van der Waals surface area contributed by atoms with Crippen LogP contribution in [0.25, 0.3) is 5.65 Å². The summed E-state index contributed by atoms with van der Waals surface area (Å²) in [5.74, 6) is 0.297. The molecular weight excluding hydrogens is 204 g/mol. The van der Waals surface area contributed by atoms with Crippen LogP contribution in [0.2, 0.25) is 0 Å². The summed E-state index contributed by atoms with van der Waals surface area (Å²) >= 11 is 0. The monoisotopic (exact) mass is 220 g/mol. The van der Waals surface area contributed by atoms with Gasteiger partial charge in [-0.05, 0) is 26.2 Å². The molecule has 6 heteroatoms. The van der Waals surface area contributed by atoms with Crippen LogP contribution in [-0.4, -0.2) is 46.7 Å². The first-order chi connectivity index (χ1) is 7.65. The quantitative estimate of drug-likeness (QED) is 0.774. The zero-order valence-corrected chi connectivity index (χ0v) is 9.51. The van der Waals surface area contributed by atoms with Crippen LogP contribution in [0.5, 0.6) is 0 Å². The molecule has 0 atom stereocenters. The Hall–Kier alpha value is -1.82. The largest absolute Gasteiger partial charge is 0.383 e. The second-order valence-electron chi connectivity index (χ2n) is 3.92. The predicted molar refractivity (Wildman–Crippen MR) is 64.4 cm³/mol. The number of anilines is 2. The summed E-state index contributed by atoms with van der Waals surface area (Å²) in [6, 6.07) is 3.86. The third-order valence-corrected chi connectivity index (χ3v) is 2.24. The summed E-state index contributed by atoms with van der Waals surface area (Å²) in [4.78, 5) is 6.18. The van der Waals surface area contributed by atoms with E-state index in [0.717, 1.165) is 24.4 Å². The van der Waals surface area contributed by atoms with Gasteiger partial charge in [-0.2, -0.15) is 4.98 Å². The molecule has 0 fully saturated rings. The van der Waals surface area contributed by atoms with Gasteiger partial charge in [-0.25, -0.2) is 4.52 Å². The Labute approximate surface area is 94.1 Å². The van der Waals surface area contributed by atoms with E-state index in [1.807, 2.05) is 32.4 Å². The van der Waals surface area contributed by atoms with Crippen LogP contribution >= 0.6 is 0 Å². The fourth-order valence-corrected chi connectivity index (χ4v) is 1.43. The number of fused-ring (bicyclic) bond motifs is 1. The number of hydrogen-bond donors (Lipinski definition) is 2. The fourth-order valence-electron chi connectivity index (χ4n) is 1.43. The molecule has 2 aromatic rings. The van der Waals surface area contributed by atoms with Crippen molar-refractivity contribution in [1.82, 2.24) is 19.5 Å². The minimum Gasteiger partial charge on any atom is -0.383 e. The molecule has 2 aromatic heterocycles. The Morgan fingerprint density at radius 2 is 2.25 bits per heavy atom. The molecule has 6 nitrogen and oxygen atoms in total. The molecule has 2 heterocycles.